The normalized spacial score (nSPS) is 11.6. The van der Waals surface area contributed by atoms with Gasteiger partial charge in [0.15, 0.2) is 0 Å². The molecule has 13 heteroatoms. The predicted octanol–water partition coefficient (Wildman–Crippen LogP) is 5.79. The Balaban J connectivity index is 1.33. The summed E-state index contributed by atoms with van der Waals surface area (Å²) in [4.78, 5) is 29.6. The molecule has 0 aliphatic heterocycles. The second-order valence-electron chi connectivity index (χ2n) is 9.77. The van der Waals surface area contributed by atoms with Gasteiger partial charge in [0.25, 0.3) is 11.8 Å². The van der Waals surface area contributed by atoms with Gasteiger partial charge in [0.05, 0.1) is 40.9 Å². The van der Waals surface area contributed by atoms with Crippen molar-refractivity contribution in [3.05, 3.63) is 105 Å². The summed E-state index contributed by atoms with van der Waals surface area (Å²) in [6, 6.07) is 12.4. The summed E-state index contributed by atoms with van der Waals surface area (Å²) in [5.41, 5.74) is 2.52. The molecule has 0 aliphatic rings. The topological polar surface area (TPSA) is 107 Å². The number of aromatic nitrogens is 5. The number of fused-ring (bicyclic) bond motifs is 1. The number of hydrogen-bond donors (Lipinski definition) is 2. The van der Waals surface area contributed by atoms with Gasteiger partial charge < -0.3 is 10.6 Å². The van der Waals surface area contributed by atoms with Gasteiger partial charge in [-0.05, 0) is 55.8 Å². The van der Waals surface area contributed by atoms with E-state index in [0.717, 1.165) is 17.2 Å². The minimum absolute atomic E-state index is 0.0523. The van der Waals surface area contributed by atoms with Crippen molar-refractivity contribution in [3.63, 3.8) is 0 Å². The van der Waals surface area contributed by atoms with Gasteiger partial charge in [-0.1, -0.05) is 28.1 Å². The van der Waals surface area contributed by atoms with Gasteiger partial charge in [0, 0.05) is 40.8 Å². The summed E-state index contributed by atoms with van der Waals surface area (Å²) in [6.07, 6.45) is -1.21. The van der Waals surface area contributed by atoms with Crippen LogP contribution >= 0.6 is 15.9 Å². The van der Waals surface area contributed by atoms with Crippen LogP contribution in [0.5, 0.6) is 0 Å². The molecule has 0 aliphatic carbocycles. The molecule has 0 bridgehead atoms. The third-order valence-electron chi connectivity index (χ3n) is 6.69. The van der Waals surface area contributed by atoms with E-state index in [0.29, 0.717) is 40.2 Å². The molecule has 9 nitrogen and oxygen atoms in total. The average molecular weight is 640 g/mol. The molecule has 3 heterocycles. The molecule has 5 aromatic rings. The SMILES string of the molecule is Cc1nn(Cc2ccc(C(=O)NCc3cnn(C)c3)cc2)c(C)c1NC(=O)c1cc(C(F)(F)F)nc2ccc(Br)cc12. The van der Waals surface area contributed by atoms with Crippen molar-refractivity contribution in [2.45, 2.75) is 33.1 Å². The first-order valence-electron chi connectivity index (χ1n) is 12.8. The van der Waals surface area contributed by atoms with E-state index in [9.17, 15) is 22.8 Å². The third kappa shape index (κ3) is 6.20. The summed E-state index contributed by atoms with van der Waals surface area (Å²) < 4.78 is 44.6. The number of alkyl halides is 3. The Hall–Kier alpha value is -4.52. The number of pyridine rings is 1. The molecule has 0 radical (unpaired) electrons. The van der Waals surface area contributed by atoms with Gasteiger partial charge >= 0.3 is 6.18 Å². The molecule has 2 N–H and O–H groups in total. The number of nitrogens with zero attached hydrogens (tertiary/aromatic N) is 5. The Kier molecular flexibility index (Phi) is 7.87. The van der Waals surface area contributed by atoms with Crippen molar-refractivity contribution < 1.29 is 22.8 Å². The van der Waals surface area contributed by atoms with Crippen LogP contribution in [0.3, 0.4) is 0 Å². The molecule has 5 rings (SSSR count). The van der Waals surface area contributed by atoms with Gasteiger partial charge in [-0.3, -0.25) is 19.0 Å². The monoisotopic (exact) mass is 639 g/mol. The van der Waals surface area contributed by atoms with E-state index in [1.165, 1.54) is 6.07 Å². The molecule has 2 amide bonds. The van der Waals surface area contributed by atoms with Crippen molar-refractivity contribution in [1.82, 2.24) is 29.9 Å². The lowest BCUT2D eigenvalue weighted by Crippen LogP contribution is -2.22. The first-order valence-corrected chi connectivity index (χ1v) is 13.6. The van der Waals surface area contributed by atoms with Crippen LogP contribution in [0.1, 0.15) is 48.9 Å². The maximum Gasteiger partial charge on any atom is 0.433 e. The van der Waals surface area contributed by atoms with Crippen LogP contribution in [-0.4, -0.2) is 36.4 Å². The van der Waals surface area contributed by atoms with Crippen molar-refractivity contribution >= 4 is 44.3 Å². The second kappa shape index (κ2) is 11.4. The number of anilines is 1. The highest BCUT2D eigenvalue weighted by Gasteiger charge is 2.34. The van der Waals surface area contributed by atoms with Gasteiger partial charge in [-0.2, -0.15) is 23.4 Å². The summed E-state index contributed by atoms with van der Waals surface area (Å²) in [6.45, 7) is 4.18. The van der Waals surface area contributed by atoms with Crippen LogP contribution in [0.25, 0.3) is 10.9 Å². The zero-order valence-corrected chi connectivity index (χ0v) is 24.3. The van der Waals surface area contributed by atoms with E-state index >= 15 is 0 Å². The fraction of sp³-hybridized carbons (Fsp3) is 0.207. The number of carbonyl (C=O) groups excluding carboxylic acids is 2. The number of nitrogens with one attached hydrogen (secondary N) is 2. The molecule has 2 aromatic carbocycles. The number of benzene rings is 2. The van der Waals surface area contributed by atoms with E-state index in [2.05, 4.69) is 41.7 Å². The fourth-order valence-electron chi connectivity index (χ4n) is 4.53. The number of amides is 2. The summed E-state index contributed by atoms with van der Waals surface area (Å²) in [5.74, 6) is -0.927. The maximum atomic E-state index is 13.5. The number of aryl methyl sites for hydroxylation is 2. The van der Waals surface area contributed by atoms with Crippen LogP contribution < -0.4 is 10.6 Å². The van der Waals surface area contributed by atoms with Crippen LogP contribution in [-0.2, 0) is 26.3 Å². The maximum absolute atomic E-state index is 13.5. The molecule has 0 atom stereocenters. The quantitative estimate of drug-likeness (QED) is 0.234. The lowest BCUT2D eigenvalue weighted by molar-refractivity contribution is -0.141. The Morgan fingerprint density at radius 2 is 1.74 bits per heavy atom. The van der Waals surface area contributed by atoms with Gasteiger partial charge in [0.2, 0.25) is 0 Å². The Labute approximate surface area is 246 Å². The van der Waals surface area contributed by atoms with Crippen molar-refractivity contribution in [3.8, 4) is 0 Å². The smallest absolute Gasteiger partial charge is 0.348 e. The molecule has 3 aromatic heterocycles. The number of carbonyl (C=O) groups is 2. The largest absolute Gasteiger partial charge is 0.433 e. The highest BCUT2D eigenvalue weighted by molar-refractivity contribution is 9.10. The molecule has 216 valence electrons. The van der Waals surface area contributed by atoms with E-state index < -0.39 is 17.8 Å². The molecular formula is C29H25BrF3N7O2. The van der Waals surface area contributed by atoms with Gasteiger partial charge in [-0.25, -0.2) is 4.98 Å². The minimum atomic E-state index is -4.72. The van der Waals surface area contributed by atoms with Crippen LogP contribution in [0.4, 0.5) is 18.9 Å². The summed E-state index contributed by atoms with van der Waals surface area (Å²) >= 11 is 3.31. The summed E-state index contributed by atoms with van der Waals surface area (Å²) in [5, 5.41) is 14.5. The highest BCUT2D eigenvalue weighted by atomic mass is 79.9. The number of hydrogen-bond acceptors (Lipinski definition) is 5. The van der Waals surface area contributed by atoms with Crippen LogP contribution in [0, 0.1) is 13.8 Å². The standard InChI is InChI=1S/C29H25BrF3N7O2/c1-16-26(37-28(42)23-11-25(29(31,32)33)36-24-9-8-21(30)10-22(23)24)17(2)40(38-16)15-18-4-6-20(7-5-18)27(41)34-12-19-13-35-39(3)14-19/h4-11,13-14H,12,15H2,1-3H3,(H,34,41)(H,37,42). The molecular weight excluding hydrogens is 615 g/mol. The minimum Gasteiger partial charge on any atom is -0.348 e. The molecule has 0 saturated carbocycles. The Morgan fingerprint density at radius 1 is 1.00 bits per heavy atom. The molecule has 0 fully saturated rings. The Bertz CT molecular complexity index is 1810. The van der Waals surface area contributed by atoms with Gasteiger partial charge in [-0.15, -0.1) is 0 Å². The molecule has 0 saturated heterocycles. The van der Waals surface area contributed by atoms with Gasteiger partial charge in [0.1, 0.15) is 5.69 Å². The van der Waals surface area contributed by atoms with E-state index in [-0.39, 0.29) is 22.4 Å². The lowest BCUT2D eigenvalue weighted by Gasteiger charge is -2.13. The Morgan fingerprint density at radius 3 is 2.40 bits per heavy atom. The van der Waals surface area contributed by atoms with Crippen molar-refractivity contribution in [2.75, 3.05) is 5.32 Å². The first kappa shape index (κ1) is 29.0. The van der Waals surface area contributed by atoms with Crippen molar-refractivity contribution in [1.29, 1.82) is 0 Å². The highest BCUT2D eigenvalue weighted by Crippen LogP contribution is 2.32. The number of rotatable bonds is 7. The fourth-order valence-corrected chi connectivity index (χ4v) is 4.89. The van der Waals surface area contributed by atoms with Crippen molar-refractivity contribution in [2.24, 2.45) is 7.05 Å². The van der Waals surface area contributed by atoms with E-state index in [1.54, 1.807) is 60.7 Å². The first-order chi connectivity index (χ1) is 19.9. The third-order valence-corrected chi connectivity index (χ3v) is 7.18. The number of halogens is 4. The van der Waals surface area contributed by atoms with Crippen LogP contribution in [0.15, 0.2) is 65.4 Å². The second-order valence-corrected chi connectivity index (χ2v) is 10.7. The lowest BCUT2D eigenvalue weighted by atomic mass is 10.1. The van der Waals surface area contributed by atoms with Crippen LogP contribution in [0.2, 0.25) is 0 Å². The zero-order chi connectivity index (χ0) is 30.2. The van der Waals surface area contributed by atoms with E-state index in [1.807, 2.05) is 18.3 Å². The zero-order valence-electron chi connectivity index (χ0n) is 22.8. The molecule has 42 heavy (non-hydrogen) atoms. The molecule has 0 spiro atoms. The molecule has 0 unspecified atom stereocenters. The van der Waals surface area contributed by atoms with E-state index in [4.69, 9.17) is 0 Å². The summed E-state index contributed by atoms with van der Waals surface area (Å²) in [7, 11) is 1.80. The average Bonchev–Trinajstić information content (AvgIpc) is 3.48. The predicted molar refractivity (Wildman–Crippen MR) is 154 cm³/mol.